The summed E-state index contributed by atoms with van der Waals surface area (Å²) in [6.45, 7) is 3.78. The summed E-state index contributed by atoms with van der Waals surface area (Å²) in [7, 11) is 0. The van der Waals surface area contributed by atoms with Crippen LogP contribution in [-0.2, 0) is 0 Å². The number of hydrogen-bond donors (Lipinski definition) is 1. The van der Waals surface area contributed by atoms with E-state index in [-0.39, 0.29) is 5.69 Å². The van der Waals surface area contributed by atoms with Crippen molar-refractivity contribution in [3.63, 3.8) is 0 Å². The lowest BCUT2D eigenvalue weighted by molar-refractivity contribution is -0.385. The molecule has 10 heteroatoms. The molecule has 0 atom stereocenters. The van der Waals surface area contributed by atoms with E-state index in [1.54, 1.807) is 42.6 Å². The number of aromatic nitrogens is 2. The molecule has 0 aliphatic carbocycles. The molecule has 2 heterocycles. The fraction of sp³-hybridized carbons (Fsp3) is 0.0833. The number of pyridine rings is 2. The molecule has 174 valence electrons. The van der Waals surface area contributed by atoms with Crippen LogP contribution < -0.4 is 15.2 Å². The standard InChI is InChI=1S/C12H9ClN2O3.C12H11ClN2O/c1-8-6-9(13)2-4-11(8)18-12-5-3-10(7-14-12)15(16)17;1-8-6-9(13)2-4-11(8)16-12-5-3-10(14)7-15-12/h2-7H,1H3;2-7H,14H2,1H3. The summed E-state index contributed by atoms with van der Waals surface area (Å²) in [5.74, 6) is 2.16. The molecule has 8 nitrogen and oxygen atoms in total. The van der Waals surface area contributed by atoms with Gasteiger partial charge in [0.2, 0.25) is 11.8 Å². The summed E-state index contributed by atoms with van der Waals surface area (Å²) < 4.78 is 11.1. The van der Waals surface area contributed by atoms with Gasteiger partial charge in [-0.25, -0.2) is 9.97 Å². The summed E-state index contributed by atoms with van der Waals surface area (Å²) in [4.78, 5) is 17.9. The molecule has 0 aliphatic heterocycles. The fourth-order valence-electron chi connectivity index (χ4n) is 2.67. The van der Waals surface area contributed by atoms with Crippen molar-refractivity contribution in [2.24, 2.45) is 0 Å². The number of halogens is 2. The Morgan fingerprint density at radius 3 is 1.68 bits per heavy atom. The van der Waals surface area contributed by atoms with Crippen LogP contribution in [0.1, 0.15) is 11.1 Å². The predicted molar refractivity (Wildman–Crippen MR) is 132 cm³/mol. The van der Waals surface area contributed by atoms with E-state index < -0.39 is 4.92 Å². The van der Waals surface area contributed by atoms with E-state index in [1.807, 2.05) is 26.0 Å². The minimum atomic E-state index is -0.510. The molecule has 2 aromatic carbocycles. The number of hydrogen-bond acceptors (Lipinski definition) is 7. The Hall–Kier alpha value is -3.88. The van der Waals surface area contributed by atoms with Crippen molar-refractivity contribution in [1.29, 1.82) is 0 Å². The lowest BCUT2D eigenvalue weighted by atomic mass is 10.2. The quantitative estimate of drug-likeness (QED) is 0.229. The second-order valence-corrected chi connectivity index (χ2v) is 7.94. The maximum Gasteiger partial charge on any atom is 0.287 e. The fourth-order valence-corrected chi connectivity index (χ4v) is 3.13. The Bertz CT molecular complexity index is 1280. The number of anilines is 1. The summed E-state index contributed by atoms with van der Waals surface area (Å²) in [6, 6.07) is 16.9. The first kappa shape index (κ1) is 24.8. The van der Waals surface area contributed by atoms with Crippen LogP contribution in [0.4, 0.5) is 11.4 Å². The van der Waals surface area contributed by atoms with Crippen LogP contribution in [-0.4, -0.2) is 14.9 Å². The van der Waals surface area contributed by atoms with E-state index >= 15 is 0 Å². The highest BCUT2D eigenvalue weighted by Gasteiger charge is 2.08. The van der Waals surface area contributed by atoms with Gasteiger partial charge in [-0.05, 0) is 67.4 Å². The van der Waals surface area contributed by atoms with Crippen molar-refractivity contribution in [3.05, 3.63) is 104 Å². The van der Waals surface area contributed by atoms with Gasteiger partial charge >= 0.3 is 0 Å². The second-order valence-electron chi connectivity index (χ2n) is 7.07. The lowest BCUT2D eigenvalue weighted by Crippen LogP contribution is -1.92. The van der Waals surface area contributed by atoms with Gasteiger partial charge in [-0.15, -0.1) is 0 Å². The Balaban J connectivity index is 0.000000192. The van der Waals surface area contributed by atoms with Gasteiger partial charge in [0.25, 0.3) is 5.69 Å². The third kappa shape index (κ3) is 7.06. The monoisotopic (exact) mass is 498 g/mol. The highest BCUT2D eigenvalue weighted by Crippen LogP contribution is 2.27. The van der Waals surface area contributed by atoms with Gasteiger partial charge in [-0.3, -0.25) is 10.1 Å². The molecule has 4 aromatic rings. The van der Waals surface area contributed by atoms with E-state index in [0.717, 1.165) is 23.1 Å². The molecule has 0 spiro atoms. The maximum absolute atomic E-state index is 10.5. The molecule has 4 rings (SSSR count). The maximum atomic E-state index is 10.5. The van der Waals surface area contributed by atoms with E-state index in [9.17, 15) is 10.1 Å². The van der Waals surface area contributed by atoms with Gasteiger partial charge in [0, 0.05) is 28.2 Å². The van der Waals surface area contributed by atoms with E-state index in [1.165, 1.54) is 12.1 Å². The first-order valence-electron chi connectivity index (χ1n) is 9.91. The molecule has 0 unspecified atom stereocenters. The first-order valence-corrected chi connectivity index (χ1v) is 10.7. The predicted octanol–water partition coefficient (Wildman–Crippen LogP) is 7.16. The second kappa shape index (κ2) is 11.3. The average molecular weight is 499 g/mol. The molecule has 34 heavy (non-hydrogen) atoms. The largest absolute Gasteiger partial charge is 0.439 e. The summed E-state index contributed by atoms with van der Waals surface area (Å²) in [5, 5.41) is 11.8. The number of ether oxygens (including phenoxy) is 2. The van der Waals surface area contributed by atoms with Crippen LogP contribution in [0, 0.1) is 24.0 Å². The zero-order valence-electron chi connectivity index (χ0n) is 18.2. The van der Waals surface area contributed by atoms with Crippen LogP contribution in [0.2, 0.25) is 10.0 Å². The molecular weight excluding hydrogens is 479 g/mol. The Labute approximate surface area is 206 Å². The molecule has 0 radical (unpaired) electrons. The minimum Gasteiger partial charge on any atom is -0.439 e. The number of nitrogens with zero attached hydrogens (tertiary/aromatic N) is 3. The van der Waals surface area contributed by atoms with Crippen molar-refractivity contribution in [1.82, 2.24) is 9.97 Å². The highest BCUT2D eigenvalue weighted by molar-refractivity contribution is 6.31. The number of nitrogen functional groups attached to an aromatic ring is 1. The summed E-state index contributed by atoms with van der Waals surface area (Å²) in [5.41, 5.74) is 7.90. The van der Waals surface area contributed by atoms with Crippen LogP contribution in [0.3, 0.4) is 0 Å². The lowest BCUT2D eigenvalue weighted by Gasteiger charge is -2.07. The third-order valence-electron chi connectivity index (χ3n) is 4.39. The Kier molecular flexibility index (Phi) is 8.24. The molecule has 0 fully saturated rings. The van der Waals surface area contributed by atoms with Crippen LogP contribution in [0.5, 0.6) is 23.3 Å². The van der Waals surface area contributed by atoms with Gasteiger partial charge in [0.05, 0.1) is 16.8 Å². The summed E-state index contributed by atoms with van der Waals surface area (Å²) >= 11 is 11.7. The molecule has 2 N–H and O–H groups in total. The molecule has 0 amide bonds. The number of benzene rings is 2. The molecule has 2 aromatic heterocycles. The topological polar surface area (TPSA) is 113 Å². The van der Waals surface area contributed by atoms with Crippen LogP contribution >= 0.6 is 23.2 Å². The molecule has 0 bridgehead atoms. The van der Waals surface area contributed by atoms with E-state index in [4.69, 9.17) is 38.4 Å². The number of aryl methyl sites for hydroxylation is 2. The van der Waals surface area contributed by atoms with Gasteiger partial charge in [0.1, 0.15) is 17.7 Å². The average Bonchev–Trinajstić information content (AvgIpc) is 2.80. The molecule has 0 aliphatic rings. The van der Waals surface area contributed by atoms with E-state index in [0.29, 0.717) is 33.2 Å². The van der Waals surface area contributed by atoms with Crippen LogP contribution in [0.15, 0.2) is 73.1 Å². The SMILES string of the molecule is Cc1cc(Cl)ccc1Oc1ccc(N)cn1.Cc1cc(Cl)ccc1Oc1ccc([N+](=O)[O-])cn1. The van der Waals surface area contributed by atoms with Gasteiger partial charge < -0.3 is 15.2 Å². The van der Waals surface area contributed by atoms with Crippen molar-refractivity contribution in [2.45, 2.75) is 13.8 Å². The van der Waals surface area contributed by atoms with Gasteiger partial charge in [0.15, 0.2) is 0 Å². The van der Waals surface area contributed by atoms with Crippen molar-refractivity contribution >= 4 is 34.6 Å². The molecule has 0 saturated carbocycles. The summed E-state index contributed by atoms with van der Waals surface area (Å²) in [6.07, 6.45) is 2.71. The first-order chi connectivity index (χ1) is 16.2. The third-order valence-corrected chi connectivity index (χ3v) is 4.86. The van der Waals surface area contributed by atoms with Crippen molar-refractivity contribution in [2.75, 3.05) is 5.73 Å². The minimum absolute atomic E-state index is 0.0739. The molecular formula is C24H20Cl2N4O4. The Morgan fingerprint density at radius 2 is 1.29 bits per heavy atom. The number of nitro groups is 1. The zero-order valence-corrected chi connectivity index (χ0v) is 19.7. The Morgan fingerprint density at radius 1 is 0.794 bits per heavy atom. The van der Waals surface area contributed by atoms with Crippen LogP contribution in [0.25, 0.3) is 0 Å². The van der Waals surface area contributed by atoms with Crippen molar-refractivity contribution < 1.29 is 14.4 Å². The van der Waals surface area contributed by atoms with Gasteiger partial charge in [-0.2, -0.15) is 0 Å². The smallest absolute Gasteiger partial charge is 0.287 e. The molecule has 0 saturated heterocycles. The van der Waals surface area contributed by atoms with E-state index in [2.05, 4.69) is 9.97 Å². The number of nitrogens with two attached hydrogens (primary N) is 1. The zero-order chi connectivity index (χ0) is 24.7. The van der Waals surface area contributed by atoms with Crippen molar-refractivity contribution in [3.8, 4) is 23.3 Å². The highest BCUT2D eigenvalue weighted by atomic mass is 35.5. The number of rotatable bonds is 5. The van der Waals surface area contributed by atoms with Gasteiger partial charge in [-0.1, -0.05) is 23.2 Å². The normalized spacial score (nSPS) is 10.1.